The lowest BCUT2D eigenvalue weighted by Crippen LogP contribution is -2.26. The van der Waals surface area contributed by atoms with E-state index in [1.165, 1.54) is 0 Å². The number of carbonyl (C=O) groups excluding carboxylic acids is 1. The minimum atomic E-state index is -0.881. The fraction of sp³-hybridized carbons (Fsp3) is 0.923. The Kier molecular flexibility index (Phi) is 8.75. The third-order valence-corrected chi connectivity index (χ3v) is 2.62. The maximum atomic E-state index is 11.1. The lowest BCUT2D eigenvalue weighted by atomic mass is 10.0. The molecule has 0 amide bonds. The van der Waals surface area contributed by atoms with Gasteiger partial charge in [-0.15, -0.1) is 0 Å². The van der Waals surface area contributed by atoms with Gasteiger partial charge >= 0.3 is 6.16 Å². The highest BCUT2D eigenvalue weighted by Gasteiger charge is 2.21. The molecule has 0 rings (SSSR count). The van der Waals surface area contributed by atoms with Gasteiger partial charge in [0.15, 0.2) is 0 Å². The van der Waals surface area contributed by atoms with Crippen molar-refractivity contribution in [3.05, 3.63) is 0 Å². The average Bonchev–Trinajstić information content (AvgIpc) is 2.28. The van der Waals surface area contributed by atoms with Gasteiger partial charge in [0, 0.05) is 0 Å². The molecule has 0 spiro atoms. The van der Waals surface area contributed by atoms with Crippen LogP contribution in [0.1, 0.15) is 66.7 Å². The molecule has 0 bridgehead atoms. The van der Waals surface area contributed by atoms with E-state index in [0.29, 0.717) is 0 Å². The molecule has 0 aliphatic carbocycles. The summed E-state index contributed by atoms with van der Waals surface area (Å²) >= 11 is 0. The predicted molar refractivity (Wildman–Crippen MR) is 67.7 cm³/mol. The monoisotopic (exact) mass is 262 g/mol. The number of carbonyl (C=O) groups is 1. The fourth-order valence-corrected chi connectivity index (χ4v) is 1.25. The smallest absolute Gasteiger partial charge is 0.429 e. The summed E-state index contributed by atoms with van der Waals surface area (Å²) in [6.45, 7) is 9.58. The molecular weight excluding hydrogens is 236 g/mol. The SMILES string of the molecule is CCCCCC(C)(C)OOOC(=O)OC(C)CC. The summed E-state index contributed by atoms with van der Waals surface area (Å²) in [7, 11) is 0. The Hall–Kier alpha value is -0.810. The molecule has 0 aromatic carbocycles. The molecule has 18 heavy (non-hydrogen) atoms. The number of hydrogen-bond acceptors (Lipinski definition) is 5. The molecule has 0 heterocycles. The highest BCUT2D eigenvalue weighted by molar-refractivity contribution is 5.59. The molecule has 1 unspecified atom stereocenters. The van der Waals surface area contributed by atoms with E-state index in [1.54, 1.807) is 6.92 Å². The van der Waals surface area contributed by atoms with Crippen molar-refractivity contribution in [2.75, 3.05) is 0 Å². The summed E-state index contributed by atoms with van der Waals surface area (Å²) in [6, 6.07) is 0. The second-order valence-corrected chi connectivity index (χ2v) is 5.04. The van der Waals surface area contributed by atoms with Gasteiger partial charge in [-0.3, -0.25) is 0 Å². The van der Waals surface area contributed by atoms with Gasteiger partial charge in [0.25, 0.3) is 0 Å². The normalized spacial score (nSPS) is 13.2. The average molecular weight is 262 g/mol. The largest absolute Gasteiger partial charge is 0.542 e. The maximum Gasteiger partial charge on any atom is 0.542 e. The first kappa shape index (κ1) is 17.2. The van der Waals surface area contributed by atoms with Crippen LogP contribution in [-0.2, 0) is 19.6 Å². The van der Waals surface area contributed by atoms with E-state index in [-0.39, 0.29) is 6.10 Å². The van der Waals surface area contributed by atoms with Crippen LogP contribution in [0.2, 0.25) is 0 Å². The highest BCUT2D eigenvalue weighted by Crippen LogP contribution is 2.19. The van der Waals surface area contributed by atoms with Gasteiger partial charge in [0.2, 0.25) is 0 Å². The summed E-state index contributed by atoms with van der Waals surface area (Å²) in [5, 5.41) is 4.46. The lowest BCUT2D eigenvalue weighted by molar-refractivity contribution is -0.517. The molecule has 108 valence electrons. The van der Waals surface area contributed by atoms with Crippen molar-refractivity contribution in [1.29, 1.82) is 0 Å². The van der Waals surface area contributed by atoms with Crippen molar-refractivity contribution < 1.29 is 24.3 Å². The van der Waals surface area contributed by atoms with E-state index in [2.05, 4.69) is 16.8 Å². The van der Waals surface area contributed by atoms with Crippen molar-refractivity contribution in [3.8, 4) is 0 Å². The Bertz CT molecular complexity index is 227. The van der Waals surface area contributed by atoms with E-state index in [1.807, 2.05) is 20.8 Å². The topological polar surface area (TPSA) is 54.0 Å². The summed E-state index contributed by atoms with van der Waals surface area (Å²) < 4.78 is 4.85. The molecule has 0 radical (unpaired) electrons. The van der Waals surface area contributed by atoms with Crippen LogP contribution >= 0.6 is 0 Å². The second kappa shape index (κ2) is 9.16. The summed E-state index contributed by atoms with van der Waals surface area (Å²) in [5.74, 6) is 0. The van der Waals surface area contributed by atoms with E-state index in [9.17, 15) is 4.79 Å². The number of ether oxygens (including phenoxy) is 1. The van der Waals surface area contributed by atoms with Gasteiger partial charge < -0.3 is 4.74 Å². The standard InChI is InChI=1S/C13H26O5/c1-6-8-9-10-13(4,5)17-18-16-12(14)15-11(3)7-2/h11H,6-10H2,1-5H3. The Balaban J connectivity index is 3.71. The zero-order valence-corrected chi connectivity index (χ0v) is 12.2. The van der Waals surface area contributed by atoms with Crippen LogP contribution in [0.5, 0.6) is 0 Å². The second-order valence-electron chi connectivity index (χ2n) is 5.04. The first-order chi connectivity index (χ1) is 8.41. The third kappa shape index (κ3) is 9.24. The molecule has 0 saturated carbocycles. The van der Waals surface area contributed by atoms with Crippen LogP contribution in [-0.4, -0.2) is 17.9 Å². The Morgan fingerprint density at radius 1 is 1.22 bits per heavy atom. The molecule has 0 aliphatic rings. The molecule has 1 atom stereocenters. The van der Waals surface area contributed by atoms with E-state index in [0.717, 1.165) is 32.1 Å². The van der Waals surface area contributed by atoms with Gasteiger partial charge in [-0.1, -0.05) is 33.1 Å². The summed E-state index contributed by atoms with van der Waals surface area (Å²) in [6.07, 6.45) is 3.82. The van der Waals surface area contributed by atoms with Crippen LogP contribution < -0.4 is 0 Å². The zero-order valence-electron chi connectivity index (χ0n) is 12.2. The molecular formula is C13H26O5. The summed E-state index contributed by atoms with van der Waals surface area (Å²) in [4.78, 5) is 20.5. The first-order valence-electron chi connectivity index (χ1n) is 6.64. The van der Waals surface area contributed by atoms with E-state index < -0.39 is 11.8 Å². The van der Waals surface area contributed by atoms with Crippen LogP contribution in [0.4, 0.5) is 4.79 Å². The third-order valence-electron chi connectivity index (χ3n) is 2.62. The van der Waals surface area contributed by atoms with Gasteiger partial charge in [-0.05, 0) is 38.7 Å². The van der Waals surface area contributed by atoms with Crippen molar-refractivity contribution in [3.63, 3.8) is 0 Å². The van der Waals surface area contributed by atoms with Gasteiger partial charge in [-0.25, -0.2) is 9.68 Å². The molecule has 5 heteroatoms. The summed E-state index contributed by atoms with van der Waals surface area (Å²) in [5.41, 5.74) is -0.480. The van der Waals surface area contributed by atoms with Crippen molar-refractivity contribution >= 4 is 6.16 Å². The van der Waals surface area contributed by atoms with Gasteiger partial charge in [0.1, 0.15) is 11.7 Å². The Morgan fingerprint density at radius 3 is 2.44 bits per heavy atom. The van der Waals surface area contributed by atoms with E-state index >= 15 is 0 Å². The molecule has 0 fully saturated rings. The molecule has 5 nitrogen and oxygen atoms in total. The Labute approximate surface area is 110 Å². The van der Waals surface area contributed by atoms with Gasteiger partial charge in [0.05, 0.1) is 0 Å². The molecule has 0 saturated heterocycles. The zero-order chi connectivity index (χ0) is 14.0. The number of rotatable bonds is 9. The van der Waals surface area contributed by atoms with Crippen LogP contribution in [0.25, 0.3) is 0 Å². The minimum absolute atomic E-state index is 0.196. The molecule has 0 aromatic rings. The number of hydrogen-bond donors (Lipinski definition) is 0. The number of unbranched alkanes of at least 4 members (excludes halogenated alkanes) is 2. The van der Waals surface area contributed by atoms with Crippen molar-refractivity contribution in [2.24, 2.45) is 0 Å². The Morgan fingerprint density at radius 2 is 1.89 bits per heavy atom. The van der Waals surface area contributed by atoms with Crippen molar-refractivity contribution in [2.45, 2.75) is 78.4 Å². The highest BCUT2D eigenvalue weighted by atomic mass is 17.5. The molecule has 0 N–H and O–H groups in total. The molecule has 0 aromatic heterocycles. The van der Waals surface area contributed by atoms with Crippen LogP contribution in [0.3, 0.4) is 0 Å². The quantitative estimate of drug-likeness (QED) is 0.270. The minimum Gasteiger partial charge on any atom is -0.429 e. The lowest BCUT2D eigenvalue weighted by Gasteiger charge is -2.21. The molecule has 0 aliphatic heterocycles. The fourth-order valence-electron chi connectivity index (χ4n) is 1.25. The maximum absolute atomic E-state index is 11.1. The predicted octanol–water partition coefficient (Wildman–Crippen LogP) is 4.16. The van der Waals surface area contributed by atoms with Gasteiger partial charge in [-0.2, -0.15) is 4.89 Å². The van der Waals surface area contributed by atoms with E-state index in [4.69, 9.17) is 9.62 Å². The first-order valence-corrected chi connectivity index (χ1v) is 6.64. The van der Waals surface area contributed by atoms with Crippen LogP contribution in [0.15, 0.2) is 0 Å². The van der Waals surface area contributed by atoms with Crippen molar-refractivity contribution in [1.82, 2.24) is 0 Å². The van der Waals surface area contributed by atoms with Crippen LogP contribution in [0, 0.1) is 0 Å².